The Morgan fingerprint density at radius 3 is 2.55 bits per heavy atom. The first-order valence-corrected chi connectivity index (χ1v) is 5.91. The second-order valence-corrected chi connectivity index (χ2v) is 4.09. The highest BCUT2D eigenvalue weighted by molar-refractivity contribution is 5.89. The molecule has 0 spiro atoms. The topological polar surface area (TPSA) is 70.4 Å². The molecule has 1 heterocycles. The molecule has 2 rings (SSSR count). The Bertz CT molecular complexity index is 707. The number of aryl methyl sites for hydroxylation is 1. The third-order valence-electron chi connectivity index (χ3n) is 2.84. The van der Waals surface area contributed by atoms with E-state index in [-0.39, 0.29) is 17.0 Å². The van der Waals surface area contributed by atoms with Gasteiger partial charge in [-0.2, -0.15) is 9.78 Å². The third-order valence-corrected chi connectivity index (χ3v) is 2.84. The lowest BCUT2D eigenvalue weighted by Gasteiger charge is -2.11. The first kappa shape index (κ1) is 13.8. The van der Waals surface area contributed by atoms with Gasteiger partial charge in [-0.3, -0.25) is 4.79 Å². The number of hydrogen-bond donors (Lipinski definition) is 0. The van der Waals surface area contributed by atoms with E-state index in [0.717, 1.165) is 10.2 Å². The van der Waals surface area contributed by atoms with E-state index in [1.54, 1.807) is 12.1 Å². The number of rotatable bonds is 3. The number of hydrogen-bond acceptors (Lipinski definition) is 5. The highest BCUT2D eigenvalue weighted by Crippen LogP contribution is 2.16. The Hall–Kier alpha value is -2.63. The van der Waals surface area contributed by atoms with Crippen molar-refractivity contribution >= 4 is 5.97 Å². The summed E-state index contributed by atoms with van der Waals surface area (Å²) in [4.78, 5) is 23.8. The van der Waals surface area contributed by atoms with E-state index in [1.165, 1.54) is 20.3 Å². The van der Waals surface area contributed by atoms with Gasteiger partial charge < -0.3 is 9.47 Å². The average molecular weight is 274 g/mol. The van der Waals surface area contributed by atoms with E-state index in [1.807, 2.05) is 19.1 Å². The van der Waals surface area contributed by atoms with E-state index in [2.05, 4.69) is 9.84 Å². The minimum absolute atomic E-state index is 0.0437. The minimum atomic E-state index is -0.663. The van der Waals surface area contributed by atoms with E-state index in [9.17, 15) is 9.59 Å². The van der Waals surface area contributed by atoms with Gasteiger partial charge in [0.2, 0.25) is 5.69 Å². The van der Waals surface area contributed by atoms with Gasteiger partial charge in [-0.25, -0.2) is 4.79 Å². The van der Waals surface area contributed by atoms with E-state index in [0.29, 0.717) is 5.69 Å². The molecule has 0 bridgehead atoms. The lowest BCUT2D eigenvalue weighted by atomic mass is 10.2. The molecular formula is C14H14N2O4. The fourth-order valence-electron chi connectivity index (χ4n) is 1.81. The van der Waals surface area contributed by atoms with Crippen LogP contribution >= 0.6 is 0 Å². The number of esters is 1. The van der Waals surface area contributed by atoms with Gasteiger partial charge in [0, 0.05) is 0 Å². The van der Waals surface area contributed by atoms with Crippen molar-refractivity contribution in [2.45, 2.75) is 6.92 Å². The smallest absolute Gasteiger partial charge is 0.362 e. The molecule has 0 unspecified atom stereocenters. The van der Waals surface area contributed by atoms with Crippen LogP contribution in [-0.2, 0) is 4.74 Å². The highest BCUT2D eigenvalue weighted by atomic mass is 16.5. The third kappa shape index (κ3) is 2.40. The number of benzene rings is 1. The number of methoxy groups -OCH3 is 2. The van der Waals surface area contributed by atoms with E-state index < -0.39 is 5.97 Å². The van der Waals surface area contributed by atoms with Crippen LogP contribution in [0.2, 0.25) is 0 Å². The van der Waals surface area contributed by atoms with Gasteiger partial charge in [-0.05, 0) is 18.6 Å². The second-order valence-electron chi connectivity index (χ2n) is 4.09. The molecule has 104 valence electrons. The second kappa shape index (κ2) is 5.56. The van der Waals surface area contributed by atoms with Crippen molar-refractivity contribution in [2.75, 3.05) is 14.2 Å². The van der Waals surface area contributed by atoms with Crippen molar-refractivity contribution in [3.05, 3.63) is 51.9 Å². The zero-order chi connectivity index (χ0) is 14.7. The first-order chi connectivity index (χ1) is 9.58. The number of nitrogens with zero attached hydrogens (tertiary/aromatic N) is 2. The van der Waals surface area contributed by atoms with Crippen LogP contribution < -0.4 is 10.3 Å². The molecule has 0 fully saturated rings. The van der Waals surface area contributed by atoms with E-state index in [4.69, 9.17) is 4.74 Å². The largest absolute Gasteiger partial charge is 0.494 e. The molecule has 0 radical (unpaired) electrons. The standard InChI is InChI=1S/C14H14N2O4/c1-9-6-4-5-7-10(9)16-12(17)8-11(19-2)13(15-16)14(18)20-3/h4-8H,1-3H3. The number of carbonyl (C=O) groups excluding carboxylic acids is 1. The minimum Gasteiger partial charge on any atom is -0.494 e. The summed E-state index contributed by atoms with van der Waals surface area (Å²) >= 11 is 0. The van der Waals surface area contributed by atoms with Crippen molar-refractivity contribution in [3.63, 3.8) is 0 Å². The first-order valence-electron chi connectivity index (χ1n) is 5.91. The van der Waals surface area contributed by atoms with Gasteiger partial charge in [-0.15, -0.1) is 0 Å². The summed E-state index contributed by atoms with van der Waals surface area (Å²) in [6.45, 7) is 1.85. The lowest BCUT2D eigenvalue weighted by Crippen LogP contribution is -2.25. The number of aromatic nitrogens is 2. The molecule has 0 N–H and O–H groups in total. The Balaban J connectivity index is 2.70. The van der Waals surface area contributed by atoms with Crippen LogP contribution in [0, 0.1) is 6.92 Å². The predicted molar refractivity (Wildman–Crippen MR) is 72.5 cm³/mol. The fraction of sp³-hybridized carbons (Fsp3) is 0.214. The Kier molecular flexibility index (Phi) is 3.84. The molecule has 0 aliphatic carbocycles. The SMILES string of the molecule is COC(=O)c1nn(-c2ccccc2C)c(=O)cc1OC. The van der Waals surface area contributed by atoms with Gasteiger partial charge in [-0.1, -0.05) is 18.2 Å². The number of ether oxygens (including phenoxy) is 2. The van der Waals surface area contributed by atoms with Crippen LogP contribution in [0.3, 0.4) is 0 Å². The van der Waals surface area contributed by atoms with Crippen LogP contribution in [-0.4, -0.2) is 30.0 Å². The molecule has 0 saturated carbocycles. The summed E-state index contributed by atoms with van der Waals surface area (Å²) in [5.41, 5.74) is 1.04. The maximum absolute atomic E-state index is 12.1. The van der Waals surface area contributed by atoms with Gasteiger partial charge >= 0.3 is 5.97 Å². The number of carbonyl (C=O) groups is 1. The summed E-state index contributed by atoms with van der Waals surface area (Å²) in [5.74, 6) is -0.573. The van der Waals surface area contributed by atoms with Crippen LogP contribution in [0.25, 0.3) is 5.69 Å². The molecule has 6 nitrogen and oxygen atoms in total. The summed E-state index contributed by atoms with van der Waals surface area (Å²) in [7, 11) is 2.60. The Labute approximate surface area is 115 Å². The van der Waals surface area contributed by atoms with Gasteiger partial charge in [0.05, 0.1) is 26.0 Å². The monoisotopic (exact) mass is 274 g/mol. The van der Waals surface area contributed by atoms with Gasteiger partial charge in [0.15, 0.2) is 5.75 Å². The molecule has 0 atom stereocenters. The summed E-state index contributed by atoms with van der Waals surface area (Å²) in [6.07, 6.45) is 0. The molecule has 6 heteroatoms. The van der Waals surface area contributed by atoms with Gasteiger partial charge in [0.1, 0.15) is 0 Å². The van der Waals surface area contributed by atoms with Crippen LogP contribution in [0.15, 0.2) is 35.1 Å². The molecule has 1 aromatic heterocycles. The van der Waals surface area contributed by atoms with Crippen molar-refractivity contribution < 1.29 is 14.3 Å². The van der Waals surface area contributed by atoms with Crippen LogP contribution in [0.5, 0.6) is 5.75 Å². The molecule has 0 aliphatic heterocycles. The number of para-hydroxylation sites is 1. The average Bonchev–Trinajstić information content (AvgIpc) is 2.47. The summed E-state index contributed by atoms with van der Waals surface area (Å²) in [5, 5.41) is 4.05. The zero-order valence-electron chi connectivity index (χ0n) is 11.4. The molecule has 0 saturated heterocycles. The highest BCUT2D eigenvalue weighted by Gasteiger charge is 2.18. The molecular weight excluding hydrogens is 260 g/mol. The molecule has 0 amide bonds. The summed E-state index contributed by atoms with van der Waals surface area (Å²) < 4.78 is 10.8. The molecule has 2 aromatic rings. The normalized spacial score (nSPS) is 10.2. The van der Waals surface area contributed by atoms with Crippen molar-refractivity contribution in [1.29, 1.82) is 0 Å². The lowest BCUT2D eigenvalue weighted by molar-refractivity contribution is 0.0587. The fourth-order valence-corrected chi connectivity index (χ4v) is 1.81. The predicted octanol–water partition coefficient (Wildman–Crippen LogP) is 1.34. The zero-order valence-corrected chi connectivity index (χ0v) is 11.4. The maximum atomic E-state index is 12.1. The van der Waals surface area contributed by atoms with Gasteiger partial charge in [0.25, 0.3) is 5.56 Å². The quantitative estimate of drug-likeness (QED) is 0.790. The summed E-state index contributed by atoms with van der Waals surface area (Å²) in [6, 6.07) is 8.46. The van der Waals surface area contributed by atoms with Crippen molar-refractivity contribution in [3.8, 4) is 11.4 Å². The van der Waals surface area contributed by atoms with Crippen LogP contribution in [0.4, 0.5) is 0 Å². The van der Waals surface area contributed by atoms with Crippen molar-refractivity contribution in [1.82, 2.24) is 9.78 Å². The Morgan fingerprint density at radius 1 is 1.25 bits per heavy atom. The molecule has 1 aromatic carbocycles. The van der Waals surface area contributed by atoms with Crippen LogP contribution in [0.1, 0.15) is 16.1 Å². The Morgan fingerprint density at radius 2 is 1.95 bits per heavy atom. The van der Waals surface area contributed by atoms with Crippen molar-refractivity contribution in [2.24, 2.45) is 0 Å². The molecule has 0 aliphatic rings. The van der Waals surface area contributed by atoms with E-state index >= 15 is 0 Å². The molecule has 20 heavy (non-hydrogen) atoms. The maximum Gasteiger partial charge on any atom is 0.362 e.